The largest absolute Gasteiger partial charge is 0.411 e. The second-order valence-corrected chi connectivity index (χ2v) is 18.6. The first-order valence-corrected chi connectivity index (χ1v) is 15.7. The molecule has 0 unspecified atom stereocenters. The zero-order valence-electron chi connectivity index (χ0n) is 18.0. The van der Waals surface area contributed by atoms with Crippen molar-refractivity contribution in [3.63, 3.8) is 0 Å². The highest BCUT2D eigenvalue weighted by atomic mass is 28.4. The minimum atomic E-state index is -1.97. The van der Waals surface area contributed by atoms with Crippen LogP contribution in [0.2, 0.25) is 37.8 Å². The van der Waals surface area contributed by atoms with E-state index in [4.69, 9.17) is 8.95 Å². The fourth-order valence-electron chi connectivity index (χ4n) is 2.41. The summed E-state index contributed by atoms with van der Waals surface area (Å²) in [7, 11) is -3.83. The number of hydrogen-bond donors (Lipinski definition) is 0. The van der Waals surface area contributed by atoms with Crippen molar-refractivity contribution in [2.75, 3.05) is 0 Å². The van der Waals surface area contributed by atoms with E-state index >= 15 is 0 Å². The van der Waals surface area contributed by atoms with Gasteiger partial charge in [0.1, 0.15) is 6.04 Å². The maximum absolute atomic E-state index is 9.92. The van der Waals surface area contributed by atoms with Crippen LogP contribution >= 0.6 is 0 Å². The summed E-state index contributed by atoms with van der Waals surface area (Å²) in [6, 6.07) is 12.1. The normalized spacial score (nSPS) is 15.6. The number of nitrogens with zero attached hydrogens (tertiary/aromatic N) is 2. The summed E-state index contributed by atoms with van der Waals surface area (Å²) in [5, 5.41) is 11.9. The highest BCUT2D eigenvalue weighted by molar-refractivity contribution is 6.74. The van der Waals surface area contributed by atoms with Gasteiger partial charge in [-0.1, -0.05) is 51.1 Å². The first-order valence-electron chi connectivity index (χ1n) is 9.34. The Balaban J connectivity index is 3.06. The molecule has 26 heavy (non-hydrogen) atoms. The van der Waals surface area contributed by atoms with Gasteiger partial charge in [-0.2, -0.15) is 10.3 Å². The van der Waals surface area contributed by atoms with E-state index in [-0.39, 0.29) is 11.1 Å². The molecule has 0 radical (unpaired) electrons. The predicted molar refractivity (Wildman–Crippen MR) is 114 cm³/mol. The lowest BCUT2D eigenvalue weighted by Crippen LogP contribution is -2.52. The van der Waals surface area contributed by atoms with Crippen LogP contribution in [0.15, 0.2) is 30.3 Å². The Morgan fingerprint density at radius 2 is 1.62 bits per heavy atom. The number of benzene rings is 1. The summed E-state index contributed by atoms with van der Waals surface area (Å²) in [5.41, 5.74) is 1.13. The van der Waals surface area contributed by atoms with E-state index < -0.39 is 22.7 Å². The van der Waals surface area contributed by atoms with E-state index in [0.717, 1.165) is 5.56 Å². The fraction of sp³-hybridized carbons (Fsp3) is 0.650. The zero-order chi connectivity index (χ0) is 20.2. The molecule has 6 heteroatoms. The minimum Gasteiger partial charge on any atom is -0.411 e. The Hall–Kier alpha value is -0.976. The van der Waals surface area contributed by atoms with E-state index in [1.807, 2.05) is 30.2 Å². The Morgan fingerprint density at radius 3 is 2.04 bits per heavy atom. The van der Waals surface area contributed by atoms with Gasteiger partial charge >= 0.3 is 0 Å². The van der Waals surface area contributed by atoms with E-state index in [0.29, 0.717) is 6.54 Å². The molecule has 0 heterocycles. The molecule has 0 aromatic heterocycles. The van der Waals surface area contributed by atoms with Crippen LogP contribution in [0.4, 0.5) is 0 Å². The van der Waals surface area contributed by atoms with Crippen LogP contribution in [0.1, 0.15) is 33.3 Å². The van der Waals surface area contributed by atoms with Gasteiger partial charge in [0.15, 0.2) is 8.32 Å². The van der Waals surface area contributed by atoms with Crippen LogP contribution in [0, 0.1) is 11.3 Å². The van der Waals surface area contributed by atoms with E-state index in [2.05, 4.69) is 71.7 Å². The molecular formula is C20H36N2O2Si2. The van der Waals surface area contributed by atoms with Crippen molar-refractivity contribution in [3.8, 4) is 6.07 Å². The second kappa shape index (κ2) is 8.81. The molecule has 0 saturated carbocycles. The van der Waals surface area contributed by atoms with Crippen molar-refractivity contribution in [1.29, 1.82) is 5.26 Å². The summed E-state index contributed by atoms with van der Waals surface area (Å²) < 4.78 is 12.8. The average Bonchev–Trinajstić information content (AvgIpc) is 2.45. The van der Waals surface area contributed by atoms with Crippen LogP contribution in [0.3, 0.4) is 0 Å². The highest BCUT2D eigenvalue weighted by Crippen LogP contribution is 2.38. The van der Waals surface area contributed by atoms with Crippen molar-refractivity contribution in [2.45, 2.75) is 84.2 Å². The Bertz CT molecular complexity index is 601. The lowest BCUT2D eigenvalue weighted by Gasteiger charge is -2.42. The lowest BCUT2D eigenvalue weighted by atomic mass is 10.1. The molecule has 0 amide bonds. The van der Waals surface area contributed by atoms with E-state index in [1.54, 1.807) is 0 Å². The molecule has 0 aliphatic heterocycles. The third kappa shape index (κ3) is 6.97. The number of hydrogen-bond acceptors (Lipinski definition) is 4. The first-order chi connectivity index (χ1) is 11.8. The third-order valence-electron chi connectivity index (χ3n) is 4.75. The molecule has 4 nitrogen and oxygen atoms in total. The summed E-state index contributed by atoms with van der Waals surface area (Å²) >= 11 is 0. The van der Waals surface area contributed by atoms with E-state index in [9.17, 15) is 5.26 Å². The Kier molecular flexibility index (Phi) is 7.81. The standard InChI is InChI=1S/C20H36N2O2Si2/c1-17(23-26(8,9)20(2,3)4)19(15-21)22(24-25(5,6)7)16-18-13-11-10-12-14-18/h10-14,17,19H,16H2,1-9H3/t17-,19+/m0/s1. The SMILES string of the molecule is C[C@H](O[Si](C)(C)C(C)(C)C)[C@@H](C#N)N(Cc1ccccc1)O[Si](C)(C)C. The van der Waals surface area contributed by atoms with Crippen LogP contribution < -0.4 is 0 Å². The molecule has 0 spiro atoms. The van der Waals surface area contributed by atoms with Gasteiger partial charge in [0.25, 0.3) is 0 Å². The highest BCUT2D eigenvalue weighted by Gasteiger charge is 2.41. The third-order valence-corrected chi connectivity index (χ3v) is 10.1. The molecule has 1 rings (SSSR count). The van der Waals surface area contributed by atoms with Crippen molar-refractivity contribution in [3.05, 3.63) is 35.9 Å². The maximum atomic E-state index is 9.92. The van der Waals surface area contributed by atoms with Crippen LogP contribution in [-0.4, -0.2) is 33.8 Å². The van der Waals surface area contributed by atoms with Crippen LogP contribution in [-0.2, 0) is 15.5 Å². The van der Waals surface area contributed by atoms with Crippen LogP contribution in [0.25, 0.3) is 0 Å². The van der Waals surface area contributed by atoms with Crippen molar-refractivity contribution >= 4 is 16.6 Å². The minimum absolute atomic E-state index is 0.102. The van der Waals surface area contributed by atoms with Crippen molar-refractivity contribution in [1.82, 2.24) is 5.06 Å². The average molecular weight is 393 g/mol. The molecular weight excluding hydrogens is 356 g/mol. The van der Waals surface area contributed by atoms with Crippen molar-refractivity contribution in [2.24, 2.45) is 0 Å². The molecule has 0 bridgehead atoms. The van der Waals surface area contributed by atoms with Gasteiger partial charge < -0.3 is 8.95 Å². The van der Waals surface area contributed by atoms with Gasteiger partial charge in [-0.3, -0.25) is 0 Å². The molecule has 2 atom stereocenters. The molecule has 1 aromatic carbocycles. The zero-order valence-corrected chi connectivity index (χ0v) is 20.0. The monoisotopic (exact) mass is 392 g/mol. The summed E-state index contributed by atoms with van der Waals surface area (Å²) in [5.74, 6) is 0. The van der Waals surface area contributed by atoms with Gasteiger partial charge in [0, 0.05) is 6.54 Å². The summed E-state index contributed by atoms with van der Waals surface area (Å²) in [6.45, 7) is 20.1. The number of rotatable bonds is 8. The summed E-state index contributed by atoms with van der Waals surface area (Å²) in [4.78, 5) is 0. The van der Waals surface area contributed by atoms with Gasteiger partial charge in [0.05, 0.1) is 12.2 Å². The molecule has 1 aromatic rings. The molecule has 146 valence electrons. The molecule has 0 aliphatic carbocycles. The van der Waals surface area contributed by atoms with Crippen LogP contribution in [0.5, 0.6) is 0 Å². The van der Waals surface area contributed by atoms with Gasteiger partial charge in [0.2, 0.25) is 8.32 Å². The second-order valence-electron chi connectivity index (χ2n) is 9.42. The van der Waals surface area contributed by atoms with Gasteiger partial charge in [-0.05, 0) is 50.3 Å². The Labute approximate surface area is 162 Å². The Morgan fingerprint density at radius 1 is 1.08 bits per heavy atom. The van der Waals surface area contributed by atoms with Gasteiger partial charge in [-0.15, -0.1) is 0 Å². The molecule has 0 saturated heterocycles. The maximum Gasteiger partial charge on any atom is 0.212 e. The summed E-state index contributed by atoms with van der Waals surface area (Å²) in [6.07, 6.45) is -0.221. The smallest absolute Gasteiger partial charge is 0.212 e. The van der Waals surface area contributed by atoms with Gasteiger partial charge in [-0.25, -0.2) is 0 Å². The lowest BCUT2D eigenvalue weighted by molar-refractivity contribution is -0.120. The molecule has 0 N–H and O–H groups in total. The predicted octanol–water partition coefficient (Wildman–Crippen LogP) is 5.56. The topological polar surface area (TPSA) is 45.5 Å². The van der Waals surface area contributed by atoms with Crippen molar-refractivity contribution < 1.29 is 8.95 Å². The quantitative estimate of drug-likeness (QED) is 0.429. The molecule has 0 aliphatic rings. The number of hydroxylamine groups is 2. The fourth-order valence-corrected chi connectivity index (χ4v) is 4.71. The molecule has 0 fully saturated rings. The van der Waals surface area contributed by atoms with E-state index in [1.165, 1.54) is 0 Å². The first kappa shape index (κ1) is 23.1. The number of nitriles is 1.